The number of halogens is 4. The van der Waals surface area contributed by atoms with Gasteiger partial charge < -0.3 is 10.6 Å². The number of hydrogen-bond donors (Lipinski definition) is 2. The Kier molecular flexibility index (Phi) is 4.45. The van der Waals surface area contributed by atoms with Crippen LogP contribution in [0, 0.1) is 0 Å². The molecule has 5 nitrogen and oxygen atoms in total. The smallest absolute Gasteiger partial charge is 0.363 e. The first-order valence-electron chi connectivity index (χ1n) is 7.16. The van der Waals surface area contributed by atoms with Crippen molar-refractivity contribution in [1.82, 2.24) is 20.1 Å². The van der Waals surface area contributed by atoms with Crippen molar-refractivity contribution < 1.29 is 13.2 Å². The fraction of sp³-hybridized carbons (Fsp3) is 0.429. The van der Waals surface area contributed by atoms with E-state index in [4.69, 9.17) is 11.6 Å². The third-order valence-electron chi connectivity index (χ3n) is 3.55. The zero-order chi connectivity index (χ0) is 16.4. The Morgan fingerprint density at radius 3 is 2.91 bits per heavy atom. The Labute approximate surface area is 135 Å². The van der Waals surface area contributed by atoms with E-state index < -0.39 is 11.7 Å². The van der Waals surface area contributed by atoms with Crippen LogP contribution in [0.1, 0.15) is 23.4 Å². The number of alkyl halides is 3. The molecule has 9 heteroatoms. The predicted octanol–water partition coefficient (Wildman–Crippen LogP) is 3.06. The molecule has 3 heterocycles. The second kappa shape index (κ2) is 6.37. The maximum atomic E-state index is 12.6. The molecule has 2 aromatic rings. The quantitative estimate of drug-likeness (QED) is 0.897. The molecule has 0 saturated heterocycles. The normalized spacial score (nSPS) is 15.1. The van der Waals surface area contributed by atoms with E-state index >= 15 is 0 Å². The summed E-state index contributed by atoms with van der Waals surface area (Å²) in [6.07, 6.45) is -2.68. The largest absolute Gasteiger partial charge is 0.417 e. The van der Waals surface area contributed by atoms with Crippen molar-refractivity contribution in [1.29, 1.82) is 0 Å². The van der Waals surface area contributed by atoms with E-state index in [1.165, 1.54) is 0 Å². The van der Waals surface area contributed by atoms with Crippen molar-refractivity contribution in [2.24, 2.45) is 0 Å². The fourth-order valence-electron chi connectivity index (χ4n) is 2.40. The summed E-state index contributed by atoms with van der Waals surface area (Å²) in [5, 5.41) is 10.6. The number of rotatable bonds is 3. The number of aromatic nitrogens is 3. The van der Waals surface area contributed by atoms with Crippen molar-refractivity contribution in [3.63, 3.8) is 0 Å². The maximum absolute atomic E-state index is 12.6. The van der Waals surface area contributed by atoms with Gasteiger partial charge in [0.2, 0.25) is 0 Å². The minimum absolute atomic E-state index is 0.0673. The van der Waals surface area contributed by atoms with E-state index in [0.717, 1.165) is 49.7 Å². The molecule has 1 aliphatic rings. The Morgan fingerprint density at radius 2 is 2.17 bits per heavy atom. The number of anilines is 1. The van der Waals surface area contributed by atoms with Crippen molar-refractivity contribution in [2.75, 3.05) is 11.9 Å². The standard InChI is InChI=1S/C14H15ClF3N5/c15-12-4-9(14(16,17)18)6-20-13(12)21-7-10-5-11-8-19-2-1-3-23(11)22-10/h4-6,19H,1-3,7-8H2,(H,20,21). The Morgan fingerprint density at radius 1 is 1.35 bits per heavy atom. The van der Waals surface area contributed by atoms with Crippen LogP contribution in [0.25, 0.3) is 0 Å². The van der Waals surface area contributed by atoms with Crippen LogP contribution in [0.3, 0.4) is 0 Å². The molecule has 2 aromatic heterocycles. The zero-order valence-electron chi connectivity index (χ0n) is 12.1. The monoisotopic (exact) mass is 345 g/mol. The molecule has 3 rings (SSSR count). The number of nitrogens with zero attached hydrogens (tertiary/aromatic N) is 3. The third-order valence-corrected chi connectivity index (χ3v) is 3.84. The van der Waals surface area contributed by atoms with Gasteiger partial charge in [0.05, 0.1) is 28.5 Å². The van der Waals surface area contributed by atoms with E-state index in [-0.39, 0.29) is 10.8 Å². The summed E-state index contributed by atoms with van der Waals surface area (Å²) < 4.78 is 39.7. The van der Waals surface area contributed by atoms with Gasteiger partial charge in [-0.25, -0.2) is 4.98 Å². The molecular formula is C14H15ClF3N5. The van der Waals surface area contributed by atoms with Crippen molar-refractivity contribution in [3.05, 3.63) is 40.3 Å². The second-order valence-electron chi connectivity index (χ2n) is 5.29. The first-order valence-corrected chi connectivity index (χ1v) is 7.54. The van der Waals surface area contributed by atoms with Gasteiger partial charge >= 0.3 is 6.18 Å². The first kappa shape index (κ1) is 16.1. The number of aryl methyl sites for hydroxylation is 1. The molecule has 0 fully saturated rings. The lowest BCUT2D eigenvalue weighted by molar-refractivity contribution is -0.137. The summed E-state index contributed by atoms with van der Waals surface area (Å²) in [6, 6.07) is 2.83. The Hall–Kier alpha value is -1.80. The highest BCUT2D eigenvalue weighted by molar-refractivity contribution is 6.32. The van der Waals surface area contributed by atoms with Crippen LogP contribution in [0.5, 0.6) is 0 Å². The molecule has 23 heavy (non-hydrogen) atoms. The van der Waals surface area contributed by atoms with Crippen molar-refractivity contribution >= 4 is 17.4 Å². The molecule has 0 aromatic carbocycles. The molecule has 0 bridgehead atoms. The highest BCUT2D eigenvalue weighted by Gasteiger charge is 2.31. The van der Waals surface area contributed by atoms with Crippen LogP contribution in [0.2, 0.25) is 5.02 Å². The number of fused-ring (bicyclic) bond motifs is 1. The highest BCUT2D eigenvalue weighted by atomic mass is 35.5. The summed E-state index contributed by atoms with van der Waals surface area (Å²) in [4.78, 5) is 3.75. The van der Waals surface area contributed by atoms with Gasteiger partial charge in [0.25, 0.3) is 0 Å². The topological polar surface area (TPSA) is 54.8 Å². The number of pyridine rings is 1. The summed E-state index contributed by atoms with van der Waals surface area (Å²) >= 11 is 5.86. The third kappa shape index (κ3) is 3.76. The van der Waals surface area contributed by atoms with Gasteiger partial charge in [-0.1, -0.05) is 11.6 Å². The number of nitrogens with one attached hydrogen (secondary N) is 2. The average Bonchev–Trinajstić information content (AvgIpc) is 2.74. The molecule has 0 saturated carbocycles. The Balaban J connectivity index is 1.69. The van der Waals surface area contributed by atoms with E-state index in [9.17, 15) is 13.2 Å². The fourth-order valence-corrected chi connectivity index (χ4v) is 2.64. The van der Waals surface area contributed by atoms with Crippen LogP contribution in [-0.2, 0) is 25.8 Å². The minimum Gasteiger partial charge on any atom is -0.363 e. The van der Waals surface area contributed by atoms with Gasteiger partial charge in [0, 0.05) is 19.3 Å². The molecule has 0 atom stereocenters. The number of hydrogen-bond acceptors (Lipinski definition) is 4. The van der Waals surface area contributed by atoms with Gasteiger partial charge in [-0.15, -0.1) is 0 Å². The van der Waals surface area contributed by atoms with Crippen LogP contribution in [0.4, 0.5) is 19.0 Å². The molecule has 0 aliphatic carbocycles. The molecule has 1 aliphatic heterocycles. The van der Waals surface area contributed by atoms with Gasteiger partial charge in [-0.2, -0.15) is 18.3 Å². The SMILES string of the molecule is FC(F)(F)c1cnc(NCc2cc3n(n2)CCCNC3)c(Cl)c1. The lowest BCUT2D eigenvalue weighted by Crippen LogP contribution is -2.12. The van der Waals surface area contributed by atoms with E-state index in [1.807, 2.05) is 10.7 Å². The van der Waals surface area contributed by atoms with E-state index in [1.54, 1.807) is 0 Å². The molecule has 124 valence electrons. The van der Waals surface area contributed by atoms with Crippen LogP contribution >= 0.6 is 11.6 Å². The lowest BCUT2D eigenvalue weighted by Gasteiger charge is -2.10. The summed E-state index contributed by atoms with van der Waals surface area (Å²) in [5.41, 5.74) is 1.01. The molecule has 0 spiro atoms. The minimum atomic E-state index is -4.45. The average molecular weight is 346 g/mol. The predicted molar refractivity (Wildman–Crippen MR) is 80.1 cm³/mol. The van der Waals surface area contributed by atoms with Gasteiger partial charge in [0.15, 0.2) is 0 Å². The summed E-state index contributed by atoms with van der Waals surface area (Å²) in [5.74, 6) is 0.209. The lowest BCUT2D eigenvalue weighted by atomic mass is 10.2. The summed E-state index contributed by atoms with van der Waals surface area (Å²) in [7, 11) is 0. The van der Waals surface area contributed by atoms with Crippen LogP contribution in [-0.4, -0.2) is 21.3 Å². The zero-order valence-corrected chi connectivity index (χ0v) is 12.9. The molecule has 2 N–H and O–H groups in total. The first-order chi connectivity index (χ1) is 10.9. The van der Waals surface area contributed by atoms with Crippen LogP contribution < -0.4 is 10.6 Å². The van der Waals surface area contributed by atoms with Gasteiger partial charge in [-0.3, -0.25) is 4.68 Å². The Bertz CT molecular complexity index is 675. The van der Waals surface area contributed by atoms with E-state index in [0.29, 0.717) is 6.54 Å². The summed E-state index contributed by atoms with van der Waals surface area (Å²) in [6.45, 7) is 2.91. The van der Waals surface area contributed by atoms with Crippen LogP contribution in [0.15, 0.2) is 18.3 Å². The van der Waals surface area contributed by atoms with Crippen molar-refractivity contribution in [3.8, 4) is 0 Å². The van der Waals surface area contributed by atoms with E-state index in [2.05, 4.69) is 20.7 Å². The molecule has 0 amide bonds. The second-order valence-corrected chi connectivity index (χ2v) is 5.69. The van der Waals surface area contributed by atoms with Gasteiger partial charge in [-0.05, 0) is 25.1 Å². The van der Waals surface area contributed by atoms with Gasteiger partial charge in [0.1, 0.15) is 5.82 Å². The highest BCUT2D eigenvalue weighted by Crippen LogP contribution is 2.32. The van der Waals surface area contributed by atoms with Crippen molar-refractivity contribution in [2.45, 2.75) is 32.2 Å². The molecule has 0 unspecified atom stereocenters. The molecular weight excluding hydrogens is 331 g/mol. The maximum Gasteiger partial charge on any atom is 0.417 e. The molecule has 0 radical (unpaired) electrons.